The van der Waals surface area contributed by atoms with Crippen molar-refractivity contribution in [2.24, 2.45) is 0 Å². The number of aromatic nitrogens is 2. The van der Waals surface area contributed by atoms with E-state index in [1.165, 1.54) is 0 Å². The molecule has 0 saturated heterocycles. The Morgan fingerprint density at radius 1 is 1.26 bits per heavy atom. The number of hydrogen-bond donors (Lipinski definition) is 3. The van der Waals surface area contributed by atoms with Crippen LogP contribution in [0.2, 0.25) is 10.0 Å². The number of rotatable bonds is 6. The van der Waals surface area contributed by atoms with Gasteiger partial charge in [-0.2, -0.15) is 5.10 Å². The summed E-state index contributed by atoms with van der Waals surface area (Å²) in [6, 6.07) is 5.25. The molecule has 1 amide bonds. The van der Waals surface area contributed by atoms with Crippen molar-refractivity contribution in [1.82, 2.24) is 15.5 Å². The second-order valence-electron chi connectivity index (χ2n) is 4.98. The zero-order valence-corrected chi connectivity index (χ0v) is 13.8. The number of halogens is 2. The molecule has 8 heteroatoms. The van der Waals surface area contributed by atoms with E-state index in [9.17, 15) is 14.7 Å². The van der Waals surface area contributed by atoms with Crippen molar-refractivity contribution in [1.29, 1.82) is 0 Å². The number of amides is 1. The number of carboxylic acids is 1. The van der Waals surface area contributed by atoms with Crippen LogP contribution in [0.25, 0.3) is 0 Å². The molecule has 122 valence electrons. The van der Waals surface area contributed by atoms with Crippen LogP contribution in [-0.2, 0) is 17.6 Å². The highest BCUT2D eigenvalue weighted by molar-refractivity contribution is 6.34. The number of nitrogens with zero attached hydrogens (tertiary/aromatic N) is 1. The summed E-state index contributed by atoms with van der Waals surface area (Å²) in [6.07, 6.45) is 0.760. The van der Waals surface area contributed by atoms with Crippen molar-refractivity contribution in [3.05, 3.63) is 51.3 Å². The quantitative estimate of drug-likeness (QED) is 0.742. The van der Waals surface area contributed by atoms with Gasteiger partial charge in [-0.25, -0.2) is 4.79 Å². The summed E-state index contributed by atoms with van der Waals surface area (Å²) in [5.74, 6) is -1.71. The normalized spacial score (nSPS) is 12.0. The number of hydrogen-bond acceptors (Lipinski definition) is 3. The molecule has 1 heterocycles. The molecule has 1 aromatic heterocycles. The number of aliphatic carboxylic acids is 1. The van der Waals surface area contributed by atoms with Crippen LogP contribution < -0.4 is 5.32 Å². The van der Waals surface area contributed by atoms with Gasteiger partial charge in [0.15, 0.2) is 0 Å². The predicted molar refractivity (Wildman–Crippen MR) is 87.0 cm³/mol. The van der Waals surface area contributed by atoms with Gasteiger partial charge in [-0.3, -0.25) is 9.89 Å². The van der Waals surface area contributed by atoms with Gasteiger partial charge in [0, 0.05) is 22.2 Å². The molecule has 0 bridgehead atoms. The van der Waals surface area contributed by atoms with Gasteiger partial charge in [-0.05, 0) is 36.2 Å². The van der Waals surface area contributed by atoms with Crippen LogP contribution in [0.3, 0.4) is 0 Å². The van der Waals surface area contributed by atoms with E-state index in [4.69, 9.17) is 23.2 Å². The smallest absolute Gasteiger partial charge is 0.326 e. The molecule has 0 fully saturated rings. The van der Waals surface area contributed by atoms with Gasteiger partial charge in [0.1, 0.15) is 11.7 Å². The maximum absolute atomic E-state index is 12.1. The van der Waals surface area contributed by atoms with Gasteiger partial charge in [0.25, 0.3) is 5.91 Å². The maximum atomic E-state index is 12.1. The number of nitrogens with one attached hydrogen (secondary N) is 2. The first-order valence-corrected chi connectivity index (χ1v) is 7.67. The minimum absolute atomic E-state index is 0.0619. The van der Waals surface area contributed by atoms with Gasteiger partial charge in [0.05, 0.1) is 0 Å². The lowest BCUT2D eigenvalue weighted by molar-refractivity contribution is -0.139. The highest BCUT2D eigenvalue weighted by Gasteiger charge is 2.22. The Morgan fingerprint density at radius 2 is 1.91 bits per heavy atom. The Balaban J connectivity index is 2.12. The van der Waals surface area contributed by atoms with Crippen molar-refractivity contribution < 1.29 is 14.7 Å². The fraction of sp³-hybridized carbons (Fsp3) is 0.267. The first-order valence-electron chi connectivity index (χ1n) is 6.92. The SMILES string of the molecule is CCc1cc(C(=O)NC(Cc2cc(Cl)cc(Cl)c2)C(=O)O)n[nH]1. The number of benzene rings is 1. The van der Waals surface area contributed by atoms with E-state index < -0.39 is 17.9 Å². The fourth-order valence-corrected chi connectivity index (χ4v) is 2.63. The van der Waals surface area contributed by atoms with E-state index in [0.717, 1.165) is 5.69 Å². The minimum atomic E-state index is -1.15. The summed E-state index contributed by atoms with van der Waals surface area (Å²) in [6.45, 7) is 1.91. The molecule has 0 aliphatic rings. The minimum Gasteiger partial charge on any atom is -0.480 e. The second-order valence-corrected chi connectivity index (χ2v) is 5.85. The van der Waals surface area contributed by atoms with Gasteiger partial charge in [-0.1, -0.05) is 30.1 Å². The lowest BCUT2D eigenvalue weighted by Gasteiger charge is -2.14. The lowest BCUT2D eigenvalue weighted by atomic mass is 10.1. The Kier molecular flexibility index (Phi) is 5.63. The summed E-state index contributed by atoms with van der Waals surface area (Å²) in [4.78, 5) is 23.5. The van der Waals surface area contributed by atoms with Crippen molar-refractivity contribution in [3.63, 3.8) is 0 Å². The van der Waals surface area contributed by atoms with Crippen LogP contribution in [0.5, 0.6) is 0 Å². The zero-order valence-electron chi connectivity index (χ0n) is 12.3. The number of carboxylic acid groups (broad SMARTS) is 1. The summed E-state index contributed by atoms with van der Waals surface area (Å²) >= 11 is 11.8. The number of aryl methyl sites for hydroxylation is 1. The van der Waals surface area contributed by atoms with E-state index in [2.05, 4.69) is 15.5 Å². The standard InChI is InChI=1S/C15H15Cl2N3O3/c1-2-11-7-12(20-19-11)14(21)18-13(15(22)23)5-8-3-9(16)6-10(17)4-8/h3-4,6-7,13H,2,5H2,1H3,(H,18,21)(H,19,20)(H,22,23). The van der Waals surface area contributed by atoms with Crippen LogP contribution in [0.15, 0.2) is 24.3 Å². The summed E-state index contributed by atoms with van der Waals surface area (Å²) in [5, 5.41) is 19.1. The molecule has 2 rings (SSSR count). The number of carbonyl (C=O) groups is 2. The maximum Gasteiger partial charge on any atom is 0.326 e. The highest BCUT2D eigenvalue weighted by atomic mass is 35.5. The van der Waals surface area contributed by atoms with E-state index in [1.807, 2.05) is 6.92 Å². The molecule has 0 spiro atoms. The number of aromatic amines is 1. The highest BCUT2D eigenvalue weighted by Crippen LogP contribution is 2.20. The third-order valence-corrected chi connectivity index (χ3v) is 3.65. The largest absolute Gasteiger partial charge is 0.480 e. The Hall–Kier alpha value is -2.05. The van der Waals surface area contributed by atoms with Crippen LogP contribution in [0.4, 0.5) is 0 Å². The Bertz CT molecular complexity index is 710. The van der Waals surface area contributed by atoms with E-state index in [1.54, 1.807) is 24.3 Å². The fourth-order valence-electron chi connectivity index (χ4n) is 2.06. The van der Waals surface area contributed by atoms with Crippen LogP contribution >= 0.6 is 23.2 Å². The van der Waals surface area contributed by atoms with E-state index >= 15 is 0 Å². The molecule has 0 saturated carbocycles. The number of carbonyl (C=O) groups excluding carboxylic acids is 1. The van der Waals surface area contributed by atoms with Gasteiger partial charge in [0.2, 0.25) is 0 Å². The predicted octanol–water partition coefficient (Wildman–Crippen LogP) is 2.70. The monoisotopic (exact) mass is 355 g/mol. The molecular weight excluding hydrogens is 341 g/mol. The summed E-state index contributed by atoms with van der Waals surface area (Å²) in [7, 11) is 0. The van der Waals surface area contributed by atoms with Gasteiger partial charge < -0.3 is 10.4 Å². The third kappa shape index (κ3) is 4.71. The molecule has 1 unspecified atom stereocenters. The van der Waals surface area contributed by atoms with Crippen molar-refractivity contribution in [3.8, 4) is 0 Å². The molecule has 0 radical (unpaired) electrons. The molecule has 6 nitrogen and oxygen atoms in total. The summed E-state index contributed by atoms with van der Waals surface area (Å²) < 4.78 is 0. The topological polar surface area (TPSA) is 95.1 Å². The molecule has 1 atom stereocenters. The van der Waals surface area contributed by atoms with E-state index in [-0.39, 0.29) is 12.1 Å². The van der Waals surface area contributed by atoms with Gasteiger partial charge in [-0.15, -0.1) is 0 Å². The molecule has 3 N–H and O–H groups in total. The second kappa shape index (κ2) is 7.48. The van der Waals surface area contributed by atoms with Crippen LogP contribution in [0.1, 0.15) is 28.7 Å². The molecule has 0 aliphatic heterocycles. The van der Waals surface area contributed by atoms with Crippen LogP contribution in [0, 0.1) is 0 Å². The van der Waals surface area contributed by atoms with Crippen molar-refractivity contribution >= 4 is 35.1 Å². The van der Waals surface area contributed by atoms with Crippen LogP contribution in [-0.4, -0.2) is 33.2 Å². The average Bonchev–Trinajstić information content (AvgIpc) is 2.94. The van der Waals surface area contributed by atoms with Gasteiger partial charge >= 0.3 is 5.97 Å². The molecule has 0 aliphatic carbocycles. The number of H-pyrrole nitrogens is 1. The van der Waals surface area contributed by atoms with Crippen molar-refractivity contribution in [2.45, 2.75) is 25.8 Å². The zero-order chi connectivity index (χ0) is 17.0. The Labute approximate surface area is 142 Å². The summed E-state index contributed by atoms with van der Waals surface area (Å²) in [5.41, 5.74) is 1.56. The molecule has 1 aromatic carbocycles. The average molecular weight is 356 g/mol. The lowest BCUT2D eigenvalue weighted by Crippen LogP contribution is -2.42. The first-order chi connectivity index (χ1) is 10.9. The van der Waals surface area contributed by atoms with Crippen molar-refractivity contribution in [2.75, 3.05) is 0 Å². The third-order valence-electron chi connectivity index (χ3n) is 3.21. The molecule has 23 heavy (non-hydrogen) atoms. The molecule has 2 aromatic rings. The van der Waals surface area contributed by atoms with E-state index in [0.29, 0.717) is 22.0 Å². The first kappa shape index (κ1) is 17.3. The Morgan fingerprint density at radius 3 is 2.43 bits per heavy atom. The molecular formula is C15H15Cl2N3O3.